The number of aromatic nitrogens is 3. The molecule has 0 aliphatic rings. The van der Waals surface area contributed by atoms with Crippen molar-refractivity contribution in [3.63, 3.8) is 0 Å². The van der Waals surface area contributed by atoms with Crippen molar-refractivity contribution in [2.45, 2.75) is 20.3 Å². The van der Waals surface area contributed by atoms with Crippen LogP contribution in [0.2, 0.25) is 0 Å². The molecule has 4 rings (SSSR count). The summed E-state index contributed by atoms with van der Waals surface area (Å²) >= 11 is 0. The Kier molecular flexibility index (Phi) is 4.65. The second-order valence-corrected chi connectivity index (χ2v) is 6.99. The van der Waals surface area contributed by atoms with E-state index in [-0.39, 0.29) is 5.91 Å². The van der Waals surface area contributed by atoms with Gasteiger partial charge < -0.3 is 5.32 Å². The normalized spacial score (nSPS) is 11.0. The maximum absolute atomic E-state index is 13.2. The zero-order chi connectivity index (χ0) is 19.7. The molecular weight excluding hydrogens is 348 g/mol. The fraction of sp³-hybridized carbons (Fsp3) is 0.174. The summed E-state index contributed by atoms with van der Waals surface area (Å²) in [6, 6.07) is 20.0. The summed E-state index contributed by atoms with van der Waals surface area (Å²) in [6.45, 7) is 3.79. The van der Waals surface area contributed by atoms with E-state index in [4.69, 9.17) is 0 Å². The van der Waals surface area contributed by atoms with Crippen molar-refractivity contribution >= 4 is 22.6 Å². The van der Waals surface area contributed by atoms with Crippen LogP contribution in [0.1, 0.15) is 32.9 Å². The molecule has 2 aromatic carbocycles. The number of pyridine rings is 1. The Labute approximate surface area is 164 Å². The van der Waals surface area contributed by atoms with Crippen molar-refractivity contribution in [1.82, 2.24) is 14.8 Å². The van der Waals surface area contributed by atoms with Gasteiger partial charge in [0.25, 0.3) is 5.91 Å². The third kappa shape index (κ3) is 3.39. The fourth-order valence-corrected chi connectivity index (χ4v) is 3.55. The maximum Gasteiger partial charge on any atom is 0.256 e. The largest absolute Gasteiger partial charge is 0.322 e. The van der Waals surface area contributed by atoms with E-state index in [9.17, 15) is 4.79 Å². The van der Waals surface area contributed by atoms with E-state index in [1.807, 2.05) is 69.4 Å². The first-order valence-corrected chi connectivity index (χ1v) is 9.27. The van der Waals surface area contributed by atoms with Crippen LogP contribution in [0.25, 0.3) is 11.0 Å². The van der Waals surface area contributed by atoms with Crippen molar-refractivity contribution in [3.05, 3.63) is 88.7 Å². The lowest BCUT2D eigenvalue weighted by Gasteiger charge is -2.12. The van der Waals surface area contributed by atoms with Crippen molar-refractivity contribution in [2.75, 3.05) is 5.32 Å². The molecule has 0 unspecified atom stereocenters. The highest BCUT2D eigenvalue weighted by atomic mass is 16.1. The number of nitrogens with zero attached hydrogens (tertiary/aromatic N) is 3. The topological polar surface area (TPSA) is 59.8 Å². The van der Waals surface area contributed by atoms with Crippen molar-refractivity contribution in [2.24, 2.45) is 7.05 Å². The van der Waals surface area contributed by atoms with Crippen molar-refractivity contribution in [1.29, 1.82) is 0 Å². The Bertz CT molecular complexity index is 1160. The first kappa shape index (κ1) is 17.9. The van der Waals surface area contributed by atoms with Gasteiger partial charge in [-0.05, 0) is 43.5 Å². The fourth-order valence-electron chi connectivity index (χ4n) is 3.55. The van der Waals surface area contributed by atoms with Gasteiger partial charge in [-0.3, -0.25) is 9.48 Å². The summed E-state index contributed by atoms with van der Waals surface area (Å²) in [7, 11) is 1.85. The molecule has 1 amide bonds. The second kappa shape index (κ2) is 7.27. The molecule has 0 bridgehead atoms. The predicted molar refractivity (Wildman–Crippen MR) is 112 cm³/mol. The minimum atomic E-state index is -0.146. The molecule has 0 saturated heterocycles. The minimum absolute atomic E-state index is 0.146. The molecule has 5 nitrogen and oxygen atoms in total. The molecule has 2 aromatic heterocycles. The zero-order valence-corrected chi connectivity index (χ0v) is 16.2. The molecule has 0 fully saturated rings. The first-order chi connectivity index (χ1) is 13.5. The van der Waals surface area contributed by atoms with Gasteiger partial charge in [0.1, 0.15) is 0 Å². The SMILES string of the molecule is Cc1cc(C(=O)Nc2ccccc2Cc2ccccc2)c2c(C)nn(C)c2n1. The second-order valence-electron chi connectivity index (χ2n) is 6.99. The van der Waals surface area contributed by atoms with E-state index in [1.54, 1.807) is 4.68 Å². The highest BCUT2D eigenvalue weighted by Crippen LogP contribution is 2.24. The average molecular weight is 370 g/mol. The number of benzene rings is 2. The molecule has 5 heteroatoms. The van der Waals surface area contributed by atoms with E-state index < -0.39 is 0 Å². The first-order valence-electron chi connectivity index (χ1n) is 9.27. The van der Waals surface area contributed by atoms with E-state index >= 15 is 0 Å². The third-order valence-electron chi connectivity index (χ3n) is 4.84. The van der Waals surface area contributed by atoms with Crippen LogP contribution in [0.15, 0.2) is 60.7 Å². The maximum atomic E-state index is 13.2. The number of carbonyl (C=O) groups is 1. The van der Waals surface area contributed by atoms with Gasteiger partial charge in [0.2, 0.25) is 0 Å². The molecule has 0 saturated carbocycles. The van der Waals surface area contributed by atoms with Crippen LogP contribution < -0.4 is 5.32 Å². The number of anilines is 1. The molecule has 0 spiro atoms. The molecule has 0 radical (unpaired) electrons. The van der Waals surface area contributed by atoms with Crippen LogP contribution in [0.4, 0.5) is 5.69 Å². The molecular formula is C23H22N4O. The Morgan fingerprint density at radius 2 is 1.75 bits per heavy atom. The smallest absolute Gasteiger partial charge is 0.256 e. The Balaban J connectivity index is 1.70. The van der Waals surface area contributed by atoms with Gasteiger partial charge >= 0.3 is 0 Å². The van der Waals surface area contributed by atoms with Gasteiger partial charge in [-0.25, -0.2) is 4.98 Å². The van der Waals surface area contributed by atoms with Gasteiger partial charge in [-0.1, -0.05) is 48.5 Å². The van der Waals surface area contributed by atoms with Gasteiger partial charge in [0.05, 0.1) is 16.6 Å². The van der Waals surface area contributed by atoms with Crippen LogP contribution in [0, 0.1) is 13.8 Å². The van der Waals surface area contributed by atoms with E-state index in [0.717, 1.165) is 40.1 Å². The summed E-state index contributed by atoms with van der Waals surface area (Å²) in [5, 5.41) is 8.33. The van der Waals surface area contributed by atoms with Gasteiger partial charge in [-0.15, -0.1) is 0 Å². The zero-order valence-electron chi connectivity index (χ0n) is 16.2. The molecule has 2 heterocycles. The predicted octanol–water partition coefficient (Wildman–Crippen LogP) is 4.43. The molecule has 0 aliphatic carbocycles. The Hall–Kier alpha value is -3.47. The van der Waals surface area contributed by atoms with Gasteiger partial charge in [0.15, 0.2) is 5.65 Å². The number of amides is 1. The van der Waals surface area contributed by atoms with Crippen LogP contribution in [-0.2, 0) is 13.5 Å². The summed E-state index contributed by atoms with van der Waals surface area (Å²) in [5.41, 5.74) is 6.01. The van der Waals surface area contributed by atoms with Gasteiger partial charge in [-0.2, -0.15) is 5.10 Å². The molecule has 0 aliphatic heterocycles. The van der Waals surface area contributed by atoms with Crippen molar-refractivity contribution < 1.29 is 4.79 Å². The number of rotatable bonds is 4. The lowest BCUT2D eigenvalue weighted by atomic mass is 10.0. The van der Waals surface area contributed by atoms with Crippen LogP contribution >= 0.6 is 0 Å². The lowest BCUT2D eigenvalue weighted by molar-refractivity contribution is 0.102. The number of hydrogen-bond acceptors (Lipinski definition) is 3. The number of hydrogen-bond donors (Lipinski definition) is 1. The lowest BCUT2D eigenvalue weighted by Crippen LogP contribution is -2.14. The number of fused-ring (bicyclic) bond motifs is 1. The number of carbonyl (C=O) groups excluding carboxylic acids is 1. The molecule has 4 aromatic rings. The summed E-state index contributed by atoms with van der Waals surface area (Å²) in [5.74, 6) is -0.146. The van der Waals surface area contributed by atoms with Crippen LogP contribution in [0.3, 0.4) is 0 Å². The quantitative estimate of drug-likeness (QED) is 0.578. The summed E-state index contributed by atoms with van der Waals surface area (Å²) in [4.78, 5) is 17.7. The average Bonchev–Trinajstić information content (AvgIpc) is 2.97. The Morgan fingerprint density at radius 1 is 1.04 bits per heavy atom. The summed E-state index contributed by atoms with van der Waals surface area (Å²) in [6.07, 6.45) is 0.758. The van der Waals surface area contributed by atoms with E-state index in [2.05, 4.69) is 27.5 Å². The third-order valence-corrected chi connectivity index (χ3v) is 4.84. The van der Waals surface area contributed by atoms with Crippen LogP contribution in [-0.4, -0.2) is 20.7 Å². The standard InChI is InChI=1S/C23H22N4O/c1-15-13-19(21-16(2)26-27(3)22(21)24-15)23(28)25-20-12-8-7-11-18(20)14-17-9-5-4-6-10-17/h4-13H,14H2,1-3H3,(H,25,28). The highest BCUT2D eigenvalue weighted by molar-refractivity contribution is 6.12. The monoisotopic (exact) mass is 370 g/mol. The van der Waals surface area contributed by atoms with Crippen LogP contribution in [0.5, 0.6) is 0 Å². The van der Waals surface area contributed by atoms with E-state index in [1.165, 1.54) is 5.56 Å². The minimum Gasteiger partial charge on any atom is -0.322 e. The number of para-hydroxylation sites is 1. The molecule has 140 valence electrons. The van der Waals surface area contributed by atoms with Gasteiger partial charge in [0, 0.05) is 18.4 Å². The summed E-state index contributed by atoms with van der Waals surface area (Å²) < 4.78 is 1.72. The molecule has 1 N–H and O–H groups in total. The highest BCUT2D eigenvalue weighted by Gasteiger charge is 2.18. The van der Waals surface area contributed by atoms with Crippen molar-refractivity contribution in [3.8, 4) is 0 Å². The number of aryl methyl sites for hydroxylation is 3. The van der Waals surface area contributed by atoms with E-state index in [0.29, 0.717) is 5.56 Å². The molecule has 0 atom stereocenters. The Morgan fingerprint density at radius 3 is 2.54 bits per heavy atom. The molecule has 28 heavy (non-hydrogen) atoms. The number of nitrogens with one attached hydrogen (secondary N) is 1.